The lowest BCUT2D eigenvalue weighted by molar-refractivity contribution is -0.131. The first kappa shape index (κ1) is 13.6. The molecule has 1 saturated heterocycles. The van der Waals surface area contributed by atoms with Gasteiger partial charge in [0.25, 0.3) is 0 Å². The number of nitrogens with zero attached hydrogens (tertiary/aromatic N) is 3. The van der Waals surface area contributed by atoms with Crippen molar-refractivity contribution < 1.29 is 4.79 Å². The first-order chi connectivity index (χ1) is 9.15. The van der Waals surface area contributed by atoms with E-state index in [2.05, 4.69) is 15.3 Å². The molecule has 19 heavy (non-hydrogen) atoms. The molecule has 0 unspecified atom stereocenters. The number of aryl methyl sites for hydroxylation is 1. The van der Waals surface area contributed by atoms with Crippen LogP contribution in [0.5, 0.6) is 0 Å². The number of nitrogens with one attached hydrogen (secondary N) is 1. The van der Waals surface area contributed by atoms with Gasteiger partial charge in [-0.1, -0.05) is 0 Å². The fraction of sp³-hybridized carbons (Fsp3) is 0.615. The predicted molar refractivity (Wildman–Crippen MR) is 74.7 cm³/mol. The van der Waals surface area contributed by atoms with Crippen LogP contribution < -0.4 is 11.1 Å². The van der Waals surface area contributed by atoms with Crippen LogP contribution in [0.3, 0.4) is 0 Å². The van der Waals surface area contributed by atoms with Gasteiger partial charge in [-0.25, -0.2) is 4.98 Å². The molecule has 0 radical (unpaired) electrons. The summed E-state index contributed by atoms with van der Waals surface area (Å²) in [6, 6.07) is 1.82. The Balaban J connectivity index is 1.77. The van der Waals surface area contributed by atoms with Crippen molar-refractivity contribution in [2.24, 2.45) is 0 Å². The number of anilines is 2. The Labute approximate surface area is 113 Å². The number of nitrogen functional groups attached to an aromatic ring is 1. The number of carbonyl (C=O) groups excluding carboxylic acids is 1. The summed E-state index contributed by atoms with van der Waals surface area (Å²) in [6.07, 6.45) is 3.98. The molecule has 0 aromatic carbocycles. The Hall–Kier alpha value is -1.85. The number of carbonyl (C=O) groups is 1. The van der Waals surface area contributed by atoms with Gasteiger partial charge in [-0.15, -0.1) is 0 Å². The average molecular weight is 263 g/mol. The number of hydrogen-bond acceptors (Lipinski definition) is 5. The summed E-state index contributed by atoms with van der Waals surface area (Å²) in [5.74, 6) is 1.15. The lowest BCUT2D eigenvalue weighted by Crippen LogP contribution is -2.36. The molecule has 0 bridgehead atoms. The van der Waals surface area contributed by atoms with Gasteiger partial charge in [0.2, 0.25) is 11.9 Å². The van der Waals surface area contributed by atoms with Gasteiger partial charge >= 0.3 is 0 Å². The van der Waals surface area contributed by atoms with Gasteiger partial charge in [-0.2, -0.15) is 4.98 Å². The molecule has 1 aromatic heterocycles. The number of amides is 1. The molecular weight excluding hydrogens is 242 g/mol. The Kier molecular flexibility index (Phi) is 4.54. The van der Waals surface area contributed by atoms with E-state index in [9.17, 15) is 4.79 Å². The van der Waals surface area contributed by atoms with Crippen LogP contribution in [0, 0.1) is 6.92 Å². The van der Waals surface area contributed by atoms with E-state index in [-0.39, 0.29) is 11.9 Å². The van der Waals surface area contributed by atoms with Crippen LogP contribution in [0.1, 0.15) is 31.4 Å². The Bertz CT molecular complexity index is 422. The third kappa shape index (κ3) is 4.08. The molecule has 104 valence electrons. The number of aromatic nitrogens is 2. The molecule has 0 saturated carbocycles. The third-order valence-corrected chi connectivity index (χ3v) is 3.23. The van der Waals surface area contributed by atoms with Crippen LogP contribution >= 0.6 is 0 Å². The zero-order valence-electron chi connectivity index (χ0n) is 11.4. The van der Waals surface area contributed by atoms with Gasteiger partial charge in [-0.05, 0) is 26.2 Å². The molecule has 0 atom stereocenters. The normalized spacial score (nSPS) is 15.3. The zero-order valence-corrected chi connectivity index (χ0v) is 11.4. The number of rotatable bonds is 4. The minimum absolute atomic E-state index is 0.214. The number of piperidine rings is 1. The van der Waals surface area contributed by atoms with E-state index in [1.807, 2.05) is 17.9 Å². The molecule has 6 heteroatoms. The van der Waals surface area contributed by atoms with Crippen molar-refractivity contribution in [1.29, 1.82) is 0 Å². The second kappa shape index (κ2) is 6.36. The highest BCUT2D eigenvalue weighted by Crippen LogP contribution is 2.11. The highest BCUT2D eigenvalue weighted by molar-refractivity contribution is 5.76. The SMILES string of the molecule is Cc1cc(NCCC(=O)N2CCCCC2)nc(N)n1. The van der Waals surface area contributed by atoms with Crippen molar-refractivity contribution in [3.05, 3.63) is 11.8 Å². The van der Waals surface area contributed by atoms with Crippen LogP contribution in [-0.2, 0) is 4.79 Å². The standard InChI is InChI=1S/C13H21N5O/c1-10-9-11(17-13(14)16-10)15-6-5-12(19)18-7-3-2-4-8-18/h9H,2-8H2,1H3,(H3,14,15,16,17). The maximum Gasteiger partial charge on any atom is 0.224 e. The fourth-order valence-corrected chi connectivity index (χ4v) is 2.28. The minimum atomic E-state index is 0.214. The Morgan fingerprint density at radius 3 is 2.79 bits per heavy atom. The zero-order chi connectivity index (χ0) is 13.7. The van der Waals surface area contributed by atoms with Crippen molar-refractivity contribution in [1.82, 2.24) is 14.9 Å². The van der Waals surface area contributed by atoms with E-state index in [0.29, 0.717) is 18.8 Å². The second-order valence-corrected chi connectivity index (χ2v) is 4.87. The molecule has 2 heterocycles. The van der Waals surface area contributed by atoms with Gasteiger partial charge in [0, 0.05) is 37.8 Å². The van der Waals surface area contributed by atoms with Crippen molar-refractivity contribution >= 4 is 17.7 Å². The highest BCUT2D eigenvalue weighted by atomic mass is 16.2. The summed E-state index contributed by atoms with van der Waals surface area (Å²) in [5, 5.41) is 3.12. The van der Waals surface area contributed by atoms with Crippen LogP contribution in [-0.4, -0.2) is 40.4 Å². The first-order valence-electron chi connectivity index (χ1n) is 6.78. The molecule has 1 fully saturated rings. The molecule has 1 aromatic rings. The molecule has 1 amide bonds. The van der Waals surface area contributed by atoms with E-state index in [4.69, 9.17) is 5.73 Å². The van der Waals surface area contributed by atoms with Gasteiger partial charge in [0.05, 0.1) is 0 Å². The van der Waals surface area contributed by atoms with Gasteiger partial charge < -0.3 is 16.0 Å². The lowest BCUT2D eigenvalue weighted by Gasteiger charge is -2.26. The van der Waals surface area contributed by atoms with Crippen LogP contribution in [0.15, 0.2) is 6.07 Å². The fourth-order valence-electron chi connectivity index (χ4n) is 2.28. The number of likely N-dealkylation sites (tertiary alicyclic amines) is 1. The maximum absolute atomic E-state index is 12.0. The first-order valence-corrected chi connectivity index (χ1v) is 6.78. The third-order valence-electron chi connectivity index (χ3n) is 3.23. The molecule has 0 spiro atoms. The number of nitrogens with two attached hydrogens (primary N) is 1. The summed E-state index contributed by atoms with van der Waals surface area (Å²) in [5.41, 5.74) is 6.39. The summed E-state index contributed by atoms with van der Waals surface area (Å²) >= 11 is 0. The van der Waals surface area contributed by atoms with E-state index in [0.717, 1.165) is 31.6 Å². The van der Waals surface area contributed by atoms with Crippen molar-refractivity contribution in [3.8, 4) is 0 Å². The van der Waals surface area contributed by atoms with Gasteiger partial charge in [0.1, 0.15) is 5.82 Å². The van der Waals surface area contributed by atoms with Crippen LogP contribution in [0.25, 0.3) is 0 Å². The molecule has 1 aliphatic rings. The van der Waals surface area contributed by atoms with E-state index in [1.54, 1.807) is 0 Å². The molecule has 3 N–H and O–H groups in total. The molecule has 6 nitrogen and oxygen atoms in total. The minimum Gasteiger partial charge on any atom is -0.369 e. The average Bonchev–Trinajstić information content (AvgIpc) is 2.38. The quantitative estimate of drug-likeness (QED) is 0.852. The topological polar surface area (TPSA) is 84.1 Å². The van der Waals surface area contributed by atoms with E-state index < -0.39 is 0 Å². The van der Waals surface area contributed by atoms with Crippen molar-refractivity contribution in [2.45, 2.75) is 32.6 Å². The molecular formula is C13H21N5O. The lowest BCUT2D eigenvalue weighted by atomic mass is 10.1. The predicted octanol–water partition coefficient (Wildman–Crippen LogP) is 1.18. The summed E-state index contributed by atoms with van der Waals surface area (Å²) in [6.45, 7) is 4.24. The van der Waals surface area contributed by atoms with E-state index >= 15 is 0 Å². The second-order valence-electron chi connectivity index (χ2n) is 4.87. The highest BCUT2D eigenvalue weighted by Gasteiger charge is 2.15. The summed E-state index contributed by atoms with van der Waals surface area (Å²) < 4.78 is 0. The van der Waals surface area contributed by atoms with Gasteiger partial charge in [-0.3, -0.25) is 4.79 Å². The summed E-state index contributed by atoms with van der Waals surface area (Å²) in [4.78, 5) is 22.0. The van der Waals surface area contributed by atoms with Gasteiger partial charge in [0.15, 0.2) is 0 Å². The Morgan fingerprint density at radius 2 is 2.11 bits per heavy atom. The molecule has 2 rings (SSSR count). The smallest absolute Gasteiger partial charge is 0.224 e. The summed E-state index contributed by atoms with van der Waals surface area (Å²) in [7, 11) is 0. The number of hydrogen-bond donors (Lipinski definition) is 2. The van der Waals surface area contributed by atoms with Crippen molar-refractivity contribution in [3.63, 3.8) is 0 Å². The largest absolute Gasteiger partial charge is 0.369 e. The Morgan fingerprint density at radius 1 is 1.37 bits per heavy atom. The molecule has 0 aliphatic carbocycles. The monoisotopic (exact) mass is 263 g/mol. The molecule has 1 aliphatic heterocycles. The van der Waals surface area contributed by atoms with Crippen LogP contribution in [0.2, 0.25) is 0 Å². The van der Waals surface area contributed by atoms with E-state index in [1.165, 1.54) is 6.42 Å². The van der Waals surface area contributed by atoms with Crippen molar-refractivity contribution in [2.75, 3.05) is 30.7 Å². The maximum atomic E-state index is 12.0. The van der Waals surface area contributed by atoms with Crippen LogP contribution in [0.4, 0.5) is 11.8 Å².